The van der Waals surface area contributed by atoms with Crippen molar-refractivity contribution in [2.45, 2.75) is 23.1 Å². The van der Waals surface area contributed by atoms with Gasteiger partial charge >= 0.3 is 6.36 Å². The second-order valence-electron chi connectivity index (χ2n) is 3.24. The number of alkyl halides is 6. The number of hydrogen-bond donors (Lipinski definition) is 0. The van der Waals surface area contributed by atoms with Crippen LogP contribution in [0.3, 0.4) is 0 Å². The van der Waals surface area contributed by atoms with E-state index < -0.39 is 49.2 Å². The fourth-order valence-electron chi connectivity index (χ4n) is 1.20. The van der Waals surface area contributed by atoms with E-state index in [-0.39, 0.29) is 0 Å². The predicted molar refractivity (Wildman–Crippen MR) is 61.5 cm³/mol. The molecule has 0 bridgehead atoms. The molecule has 0 unspecified atom stereocenters. The van der Waals surface area contributed by atoms with Gasteiger partial charge in [0.15, 0.2) is 5.03 Å². The lowest BCUT2D eigenvalue weighted by Crippen LogP contribution is -2.19. The number of nitrogens with zero attached hydrogens (tertiary/aromatic N) is 1. The molecule has 0 aliphatic heterocycles. The first kappa shape index (κ1) is 17.4. The Hall–Kier alpha value is -0.680. The summed E-state index contributed by atoms with van der Waals surface area (Å²) in [5, 5.41) is -1.60. The molecular formula is C8H4BrClF5NO3S. The predicted octanol–water partition coefficient (Wildman–Crippen LogP) is 3.74. The van der Waals surface area contributed by atoms with Crippen molar-refractivity contribution in [3.63, 3.8) is 0 Å². The smallest absolute Gasteiger partial charge is 0.405 e. The third-order valence-electron chi connectivity index (χ3n) is 1.91. The maximum Gasteiger partial charge on any atom is 0.573 e. The van der Waals surface area contributed by atoms with Crippen molar-refractivity contribution in [3.05, 3.63) is 17.3 Å². The number of hydrogen-bond acceptors (Lipinski definition) is 4. The van der Waals surface area contributed by atoms with Crippen LogP contribution in [-0.2, 0) is 14.4 Å². The van der Waals surface area contributed by atoms with Gasteiger partial charge in [-0.15, -0.1) is 13.2 Å². The highest BCUT2D eigenvalue weighted by Gasteiger charge is 2.34. The third kappa shape index (κ3) is 4.42. The average molecular weight is 405 g/mol. The molecule has 0 saturated heterocycles. The molecule has 0 aromatic carbocycles. The average Bonchev–Trinajstić information content (AvgIpc) is 2.24. The van der Waals surface area contributed by atoms with Crippen molar-refractivity contribution in [2.75, 3.05) is 0 Å². The maximum absolute atomic E-state index is 12.7. The van der Waals surface area contributed by atoms with E-state index in [1.165, 1.54) is 0 Å². The van der Waals surface area contributed by atoms with Gasteiger partial charge in [-0.25, -0.2) is 22.2 Å². The summed E-state index contributed by atoms with van der Waals surface area (Å²) in [4.78, 5) is 3.06. The first-order chi connectivity index (χ1) is 8.95. The van der Waals surface area contributed by atoms with Gasteiger partial charge in [0.25, 0.3) is 15.5 Å². The Morgan fingerprint density at radius 2 is 1.95 bits per heavy atom. The van der Waals surface area contributed by atoms with Crippen molar-refractivity contribution in [1.29, 1.82) is 0 Å². The molecule has 0 atom stereocenters. The normalized spacial score (nSPS) is 12.8. The number of aromatic nitrogens is 1. The van der Waals surface area contributed by atoms with Gasteiger partial charge in [0.05, 0.1) is 0 Å². The van der Waals surface area contributed by atoms with E-state index >= 15 is 0 Å². The zero-order chi connectivity index (χ0) is 15.7. The molecule has 0 saturated carbocycles. The van der Waals surface area contributed by atoms with Gasteiger partial charge in [-0.2, -0.15) is 0 Å². The van der Waals surface area contributed by atoms with Gasteiger partial charge in [0, 0.05) is 27.6 Å². The summed E-state index contributed by atoms with van der Waals surface area (Å²) in [7, 11) is 0.293. The van der Waals surface area contributed by atoms with Crippen LogP contribution in [0.5, 0.6) is 5.75 Å². The van der Waals surface area contributed by atoms with Crippen molar-refractivity contribution >= 4 is 35.7 Å². The Kier molecular flexibility index (Phi) is 5.19. The van der Waals surface area contributed by atoms with Crippen LogP contribution in [0.1, 0.15) is 17.7 Å². The Morgan fingerprint density at radius 1 is 1.40 bits per heavy atom. The van der Waals surface area contributed by atoms with E-state index in [9.17, 15) is 30.4 Å². The Bertz CT molecular complexity index is 607. The van der Waals surface area contributed by atoms with Crippen molar-refractivity contribution < 1.29 is 35.1 Å². The van der Waals surface area contributed by atoms with Crippen molar-refractivity contribution in [1.82, 2.24) is 4.98 Å². The molecule has 0 aliphatic rings. The fraction of sp³-hybridized carbons (Fsp3) is 0.375. The van der Waals surface area contributed by atoms with Crippen LogP contribution in [0.2, 0.25) is 0 Å². The van der Waals surface area contributed by atoms with E-state index in [1.54, 1.807) is 0 Å². The molecule has 1 aromatic rings. The van der Waals surface area contributed by atoms with Crippen LogP contribution in [0, 0.1) is 0 Å². The fourth-order valence-corrected chi connectivity index (χ4v) is 2.46. The monoisotopic (exact) mass is 403 g/mol. The molecule has 0 radical (unpaired) electrons. The topological polar surface area (TPSA) is 56.3 Å². The quantitative estimate of drug-likeness (QED) is 0.436. The van der Waals surface area contributed by atoms with Crippen molar-refractivity contribution in [3.8, 4) is 5.75 Å². The first-order valence-electron chi connectivity index (χ1n) is 4.54. The summed E-state index contributed by atoms with van der Waals surface area (Å²) in [6.45, 7) is 0. The number of pyridine rings is 1. The van der Waals surface area contributed by atoms with Gasteiger partial charge < -0.3 is 4.74 Å². The molecule has 0 aliphatic carbocycles. The van der Waals surface area contributed by atoms with E-state index in [4.69, 9.17) is 10.7 Å². The molecule has 1 rings (SSSR count). The summed E-state index contributed by atoms with van der Waals surface area (Å²) in [5.41, 5.74) is -1.79. The minimum absolute atomic E-state index is 0.332. The lowest BCUT2D eigenvalue weighted by molar-refractivity contribution is -0.275. The molecule has 0 fully saturated rings. The first-order valence-corrected chi connectivity index (χ1v) is 7.97. The van der Waals surface area contributed by atoms with Crippen LogP contribution in [0.15, 0.2) is 11.1 Å². The van der Waals surface area contributed by atoms with Gasteiger partial charge in [0.1, 0.15) is 11.4 Å². The SMILES string of the molecule is O=S(=O)(Cl)c1cc(OC(F)(F)F)c(CBr)c(C(F)F)n1. The highest BCUT2D eigenvalue weighted by atomic mass is 79.9. The van der Waals surface area contributed by atoms with Crippen LogP contribution >= 0.6 is 26.6 Å². The van der Waals surface area contributed by atoms with Crippen molar-refractivity contribution in [2.24, 2.45) is 0 Å². The summed E-state index contributed by atoms with van der Waals surface area (Å²) < 4.78 is 87.6. The van der Waals surface area contributed by atoms with E-state index in [0.29, 0.717) is 6.07 Å². The molecular weight excluding hydrogens is 401 g/mol. The molecule has 20 heavy (non-hydrogen) atoms. The molecule has 12 heteroatoms. The zero-order valence-corrected chi connectivity index (χ0v) is 12.2. The van der Waals surface area contributed by atoms with Crippen LogP contribution in [0.25, 0.3) is 0 Å². The Balaban J connectivity index is 3.58. The number of ether oxygens (including phenoxy) is 1. The number of rotatable bonds is 4. The number of halogens is 7. The lowest BCUT2D eigenvalue weighted by Gasteiger charge is -2.15. The molecule has 0 amide bonds. The minimum atomic E-state index is -5.19. The largest absolute Gasteiger partial charge is 0.573 e. The molecule has 1 heterocycles. The lowest BCUT2D eigenvalue weighted by atomic mass is 10.2. The van der Waals surface area contributed by atoms with Gasteiger partial charge in [-0.05, 0) is 0 Å². The van der Waals surface area contributed by atoms with Gasteiger partial charge in [-0.1, -0.05) is 15.9 Å². The molecule has 114 valence electrons. The third-order valence-corrected chi connectivity index (χ3v) is 3.65. The van der Waals surface area contributed by atoms with E-state index in [0.717, 1.165) is 0 Å². The molecule has 0 spiro atoms. The zero-order valence-electron chi connectivity index (χ0n) is 9.09. The second-order valence-corrected chi connectivity index (χ2v) is 6.32. The minimum Gasteiger partial charge on any atom is -0.405 e. The molecule has 0 N–H and O–H groups in total. The Labute approximate surface area is 122 Å². The summed E-state index contributed by atoms with van der Waals surface area (Å²) in [6, 6.07) is 0.332. The van der Waals surface area contributed by atoms with E-state index in [2.05, 4.69) is 25.7 Å². The van der Waals surface area contributed by atoms with Crippen LogP contribution in [-0.4, -0.2) is 19.8 Å². The summed E-state index contributed by atoms with van der Waals surface area (Å²) in [6.07, 6.45) is -8.50. The Morgan fingerprint density at radius 3 is 2.30 bits per heavy atom. The summed E-state index contributed by atoms with van der Waals surface area (Å²) in [5.74, 6) is -1.11. The highest BCUT2D eigenvalue weighted by molar-refractivity contribution is 9.08. The maximum atomic E-state index is 12.7. The molecule has 4 nitrogen and oxygen atoms in total. The standard InChI is InChI=1S/C8H4BrClF5NO3S/c9-2-3-4(19-8(13,14)15)1-5(20(10,17)18)16-6(3)7(11)12/h1,7H,2H2. The van der Waals surface area contributed by atoms with Gasteiger partial charge in [-0.3, -0.25) is 0 Å². The molecule has 1 aromatic heterocycles. The highest BCUT2D eigenvalue weighted by Crippen LogP contribution is 2.35. The van der Waals surface area contributed by atoms with Gasteiger partial charge in [0.2, 0.25) is 0 Å². The van der Waals surface area contributed by atoms with Crippen LogP contribution in [0.4, 0.5) is 22.0 Å². The second kappa shape index (κ2) is 5.98. The summed E-state index contributed by atoms with van der Waals surface area (Å²) >= 11 is 2.71. The van der Waals surface area contributed by atoms with Crippen LogP contribution < -0.4 is 4.74 Å². The van der Waals surface area contributed by atoms with E-state index in [1.807, 2.05) is 0 Å².